The first-order chi connectivity index (χ1) is 14.8. The number of carbonyl (C=O) groups excluding carboxylic acids is 1. The van der Waals surface area contributed by atoms with Crippen LogP contribution in [0.5, 0.6) is 0 Å². The van der Waals surface area contributed by atoms with Crippen LogP contribution in [0.15, 0.2) is 59.6 Å². The van der Waals surface area contributed by atoms with E-state index >= 15 is 0 Å². The number of hydrogen-bond donors (Lipinski definition) is 0. The summed E-state index contributed by atoms with van der Waals surface area (Å²) >= 11 is 0. The van der Waals surface area contributed by atoms with Crippen molar-refractivity contribution in [3.05, 3.63) is 65.9 Å². The molecule has 1 aromatic heterocycles. The highest BCUT2D eigenvalue weighted by atomic mass is 32.2. The molecule has 1 saturated carbocycles. The number of hydrogen-bond acceptors (Lipinski definition) is 3. The van der Waals surface area contributed by atoms with Gasteiger partial charge in [-0.05, 0) is 31.4 Å². The normalized spacial score (nSPS) is 15.3. The first-order valence-corrected chi connectivity index (χ1v) is 12.6. The lowest BCUT2D eigenvalue weighted by Gasteiger charge is -2.31. The van der Waals surface area contributed by atoms with Gasteiger partial charge in [0.2, 0.25) is 5.91 Å². The fourth-order valence-electron chi connectivity index (χ4n) is 4.62. The zero-order chi connectivity index (χ0) is 22.0. The molecule has 0 bridgehead atoms. The maximum Gasteiger partial charge on any atom is 0.242 e. The number of aryl methyl sites for hydroxylation is 1. The molecule has 5 nitrogen and oxygen atoms in total. The topological polar surface area (TPSA) is 59.4 Å². The lowest BCUT2D eigenvalue weighted by atomic mass is 9.94. The Kier molecular flexibility index (Phi) is 6.19. The zero-order valence-corrected chi connectivity index (χ0v) is 19.1. The predicted octanol–water partition coefficient (Wildman–Crippen LogP) is 4.71. The summed E-state index contributed by atoms with van der Waals surface area (Å²) in [5.41, 5.74) is 2.58. The molecule has 4 rings (SSSR count). The third kappa shape index (κ3) is 4.69. The third-order valence-electron chi connectivity index (χ3n) is 6.35. The van der Waals surface area contributed by atoms with Crippen molar-refractivity contribution in [3.63, 3.8) is 0 Å². The Morgan fingerprint density at radius 2 is 1.81 bits per heavy atom. The minimum atomic E-state index is -3.56. The van der Waals surface area contributed by atoms with Crippen LogP contribution in [-0.4, -0.2) is 36.9 Å². The highest BCUT2D eigenvalue weighted by Gasteiger charge is 2.25. The molecule has 164 valence electrons. The summed E-state index contributed by atoms with van der Waals surface area (Å²) in [6.07, 6.45) is 7.30. The molecule has 2 aromatic carbocycles. The number of nitrogens with zero attached hydrogens (tertiary/aromatic N) is 2. The Morgan fingerprint density at radius 3 is 2.55 bits per heavy atom. The Balaban J connectivity index is 1.63. The number of benzene rings is 2. The van der Waals surface area contributed by atoms with Crippen LogP contribution < -0.4 is 0 Å². The maximum atomic E-state index is 13.3. The molecular weight excluding hydrogens is 408 g/mol. The highest BCUT2D eigenvalue weighted by Crippen LogP contribution is 2.29. The highest BCUT2D eigenvalue weighted by molar-refractivity contribution is 7.90. The largest absolute Gasteiger partial charge is 0.341 e. The quantitative estimate of drug-likeness (QED) is 0.560. The van der Waals surface area contributed by atoms with Gasteiger partial charge >= 0.3 is 0 Å². The first-order valence-electron chi connectivity index (χ1n) is 11.0. The number of carbonyl (C=O) groups is 1. The molecule has 0 N–H and O–H groups in total. The molecule has 1 amide bonds. The Hall–Kier alpha value is -2.60. The second-order valence-electron chi connectivity index (χ2n) is 8.68. The van der Waals surface area contributed by atoms with Crippen LogP contribution in [0.2, 0.25) is 0 Å². The minimum Gasteiger partial charge on any atom is -0.341 e. The summed E-state index contributed by atoms with van der Waals surface area (Å²) in [6.45, 7) is 2.10. The summed E-state index contributed by atoms with van der Waals surface area (Å²) < 4.78 is 28.4. The number of amides is 1. The summed E-state index contributed by atoms with van der Waals surface area (Å²) in [5.74, 6) is -0.0335. The molecule has 1 aliphatic rings. The van der Waals surface area contributed by atoms with E-state index in [0.29, 0.717) is 5.39 Å². The Morgan fingerprint density at radius 1 is 1.06 bits per heavy atom. The summed E-state index contributed by atoms with van der Waals surface area (Å²) in [5, 5.41) is 0.670. The van der Waals surface area contributed by atoms with Gasteiger partial charge in [-0.2, -0.15) is 0 Å². The van der Waals surface area contributed by atoms with Crippen LogP contribution in [0.4, 0.5) is 0 Å². The molecule has 0 saturated heterocycles. The molecule has 3 aromatic rings. The number of likely N-dealkylation sites (N-methyl/N-ethyl adjacent to an activating group) is 1. The minimum absolute atomic E-state index is 0.0234. The van der Waals surface area contributed by atoms with E-state index < -0.39 is 9.84 Å². The van der Waals surface area contributed by atoms with Crippen LogP contribution >= 0.6 is 0 Å². The molecule has 0 radical (unpaired) electrons. The molecule has 0 atom stereocenters. The van der Waals surface area contributed by atoms with E-state index in [2.05, 4.69) is 0 Å². The molecule has 1 heterocycles. The number of sulfone groups is 1. The van der Waals surface area contributed by atoms with Crippen LogP contribution in [-0.2, 0) is 26.9 Å². The maximum absolute atomic E-state index is 13.3. The number of aromatic nitrogens is 1. The standard InChI is InChI=1S/C25H30N2O3S/c1-19-9-8-10-20(15-19)18-31(29,30)24-16-27(23-14-7-6-13-22(23)24)17-25(28)26(2)21-11-4-3-5-12-21/h6-10,13-16,21H,3-5,11-12,17-18H2,1-2H3. The van der Waals surface area contributed by atoms with E-state index in [0.717, 1.165) is 42.3 Å². The van der Waals surface area contributed by atoms with Gasteiger partial charge in [0, 0.05) is 30.2 Å². The number of fused-ring (bicyclic) bond motifs is 1. The predicted molar refractivity (Wildman–Crippen MR) is 124 cm³/mol. The van der Waals surface area contributed by atoms with Crippen LogP contribution in [0.25, 0.3) is 10.9 Å². The summed E-state index contributed by atoms with van der Waals surface area (Å²) in [6, 6.07) is 15.3. The van der Waals surface area contributed by atoms with Gasteiger partial charge in [-0.25, -0.2) is 8.42 Å². The van der Waals surface area contributed by atoms with Gasteiger partial charge in [-0.3, -0.25) is 4.79 Å². The summed E-state index contributed by atoms with van der Waals surface area (Å²) in [4.78, 5) is 15.1. The second-order valence-corrected chi connectivity index (χ2v) is 10.6. The van der Waals surface area contributed by atoms with E-state index in [9.17, 15) is 13.2 Å². The van der Waals surface area contributed by atoms with Gasteiger partial charge in [-0.1, -0.05) is 67.3 Å². The molecule has 6 heteroatoms. The van der Waals surface area contributed by atoms with Crippen molar-refractivity contribution >= 4 is 26.6 Å². The fraction of sp³-hybridized carbons (Fsp3) is 0.400. The van der Waals surface area contributed by atoms with Crippen molar-refractivity contribution in [1.29, 1.82) is 0 Å². The first kappa shape index (κ1) is 21.6. The molecule has 0 aliphatic heterocycles. The molecule has 0 unspecified atom stereocenters. The van der Waals surface area contributed by atoms with Gasteiger partial charge in [0.25, 0.3) is 0 Å². The van der Waals surface area contributed by atoms with Crippen molar-refractivity contribution in [2.45, 2.75) is 62.3 Å². The van der Waals surface area contributed by atoms with E-state index in [4.69, 9.17) is 0 Å². The van der Waals surface area contributed by atoms with Crippen molar-refractivity contribution in [2.24, 2.45) is 0 Å². The van der Waals surface area contributed by atoms with E-state index in [-0.39, 0.29) is 29.1 Å². The lowest BCUT2D eigenvalue weighted by Crippen LogP contribution is -2.40. The lowest BCUT2D eigenvalue weighted by molar-refractivity contribution is -0.133. The number of rotatable bonds is 6. The van der Waals surface area contributed by atoms with Gasteiger partial charge < -0.3 is 9.47 Å². The van der Waals surface area contributed by atoms with Gasteiger partial charge in [0.05, 0.1) is 10.6 Å². The SMILES string of the molecule is Cc1cccc(CS(=O)(=O)c2cn(CC(=O)N(C)C3CCCCC3)c3ccccc23)c1. The van der Waals surface area contributed by atoms with E-state index in [1.807, 2.05) is 67.4 Å². The zero-order valence-electron chi connectivity index (χ0n) is 18.3. The fourth-order valence-corrected chi connectivity index (χ4v) is 6.19. The Labute approximate surface area is 184 Å². The molecule has 1 fully saturated rings. The number of para-hydroxylation sites is 1. The van der Waals surface area contributed by atoms with Gasteiger partial charge in [0.15, 0.2) is 9.84 Å². The van der Waals surface area contributed by atoms with Crippen LogP contribution in [0.1, 0.15) is 43.2 Å². The third-order valence-corrected chi connectivity index (χ3v) is 8.06. The van der Waals surface area contributed by atoms with Gasteiger partial charge in [0.1, 0.15) is 6.54 Å². The van der Waals surface area contributed by atoms with Crippen LogP contribution in [0.3, 0.4) is 0 Å². The Bertz CT molecular complexity index is 1190. The molecule has 0 spiro atoms. The molecule has 31 heavy (non-hydrogen) atoms. The van der Waals surface area contributed by atoms with Crippen molar-refractivity contribution in [1.82, 2.24) is 9.47 Å². The summed E-state index contributed by atoms with van der Waals surface area (Å²) in [7, 11) is -1.68. The smallest absolute Gasteiger partial charge is 0.242 e. The van der Waals surface area contributed by atoms with E-state index in [1.54, 1.807) is 10.8 Å². The van der Waals surface area contributed by atoms with Crippen molar-refractivity contribution < 1.29 is 13.2 Å². The van der Waals surface area contributed by atoms with Crippen LogP contribution in [0, 0.1) is 6.92 Å². The monoisotopic (exact) mass is 438 g/mol. The molecular formula is C25H30N2O3S. The average Bonchev–Trinajstić information content (AvgIpc) is 3.13. The van der Waals surface area contributed by atoms with Crippen molar-refractivity contribution in [3.8, 4) is 0 Å². The average molecular weight is 439 g/mol. The molecule has 1 aliphatic carbocycles. The van der Waals surface area contributed by atoms with E-state index in [1.165, 1.54) is 6.42 Å². The van der Waals surface area contributed by atoms with Gasteiger partial charge in [-0.15, -0.1) is 0 Å². The van der Waals surface area contributed by atoms with Crippen molar-refractivity contribution in [2.75, 3.05) is 7.05 Å². The second kappa shape index (κ2) is 8.87.